The molecular formula is C14H13BrClNO2S. The van der Waals surface area contributed by atoms with Crippen molar-refractivity contribution < 1.29 is 9.53 Å². The lowest BCUT2D eigenvalue weighted by atomic mass is 10.1. The Bertz CT molecular complexity index is 669. The summed E-state index contributed by atoms with van der Waals surface area (Å²) in [5.74, 6) is -0.401. The Labute approximate surface area is 134 Å². The van der Waals surface area contributed by atoms with Crippen LogP contribution in [-0.2, 0) is 11.2 Å². The zero-order valence-corrected chi connectivity index (χ0v) is 14.2. The van der Waals surface area contributed by atoms with Crippen molar-refractivity contribution in [3.63, 3.8) is 0 Å². The first kappa shape index (κ1) is 15.4. The van der Waals surface area contributed by atoms with Gasteiger partial charge in [0.1, 0.15) is 4.88 Å². The molecule has 0 bridgehead atoms. The number of hydrogen-bond donors (Lipinski definition) is 1. The summed E-state index contributed by atoms with van der Waals surface area (Å²) in [7, 11) is 1.35. The van der Waals surface area contributed by atoms with Crippen LogP contribution in [0.4, 0.5) is 5.69 Å². The molecule has 0 radical (unpaired) electrons. The van der Waals surface area contributed by atoms with Crippen molar-refractivity contribution in [2.24, 2.45) is 0 Å². The summed E-state index contributed by atoms with van der Waals surface area (Å²) in [6.07, 6.45) is 0.745. The molecule has 2 N–H and O–H groups in total. The Kier molecular flexibility index (Phi) is 4.73. The van der Waals surface area contributed by atoms with Gasteiger partial charge in [0, 0.05) is 9.35 Å². The third-order valence-corrected chi connectivity index (χ3v) is 5.44. The van der Waals surface area contributed by atoms with Gasteiger partial charge in [-0.2, -0.15) is 0 Å². The minimum absolute atomic E-state index is 0.401. The number of carbonyl (C=O) groups is 1. The van der Waals surface area contributed by atoms with Crippen LogP contribution in [0, 0.1) is 0 Å². The van der Waals surface area contributed by atoms with Crippen molar-refractivity contribution in [3.8, 4) is 10.4 Å². The third kappa shape index (κ3) is 2.71. The van der Waals surface area contributed by atoms with Gasteiger partial charge >= 0.3 is 5.97 Å². The van der Waals surface area contributed by atoms with Gasteiger partial charge in [-0.05, 0) is 45.6 Å². The molecule has 0 aliphatic heterocycles. The highest BCUT2D eigenvalue weighted by Crippen LogP contribution is 2.41. The van der Waals surface area contributed by atoms with Gasteiger partial charge in [-0.3, -0.25) is 0 Å². The van der Waals surface area contributed by atoms with E-state index in [2.05, 4.69) is 15.9 Å². The first-order chi connectivity index (χ1) is 9.49. The monoisotopic (exact) mass is 373 g/mol. The number of nitrogens with two attached hydrogens (primary N) is 1. The second-order valence-corrected chi connectivity index (χ2v) is 6.41. The van der Waals surface area contributed by atoms with E-state index in [4.69, 9.17) is 22.1 Å². The van der Waals surface area contributed by atoms with Crippen molar-refractivity contribution in [2.75, 3.05) is 12.8 Å². The van der Waals surface area contributed by atoms with Gasteiger partial charge in [-0.15, -0.1) is 11.3 Å². The van der Waals surface area contributed by atoms with Gasteiger partial charge in [0.25, 0.3) is 0 Å². The van der Waals surface area contributed by atoms with E-state index in [1.807, 2.05) is 25.1 Å². The maximum Gasteiger partial charge on any atom is 0.350 e. The molecule has 20 heavy (non-hydrogen) atoms. The van der Waals surface area contributed by atoms with E-state index in [0.29, 0.717) is 15.6 Å². The highest BCUT2D eigenvalue weighted by atomic mass is 79.9. The van der Waals surface area contributed by atoms with Crippen molar-refractivity contribution in [1.29, 1.82) is 0 Å². The lowest BCUT2D eigenvalue weighted by molar-refractivity contribution is 0.0607. The Morgan fingerprint density at radius 3 is 2.75 bits per heavy atom. The average Bonchev–Trinajstić information content (AvgIpc) is 2.78. The predicted octanol–water partition coefficient (Wildman–Crippen LogP) is 4.76. The van der Waals surface area contributed by atoms with Crippen molar-refractivity contribution >= 4 is 50.5 Å². The van der Waals surface area contributed by atoms with Crippen LogP contribution >= 0.6 is 38.9 Å². The first-order valence-corrected chi connectivity index (χ1v) is 7.93. The molecule has 0 aliphatic carbocycles. The fourth-order valence-electron chi connectivity index (χ4n) is 1.94. The summed E-state index contributed by atoms with van der Waals surface area (Å²) < 4.78 is 5.58. The second-order valence-electron chi connectivity index (χ2n) is 4.13. The summed E-state index contributed by atoms with van der Waals surface area (Å²) in [6, 6.07) is 5.65. The fourth-order valence-corrected chi connectivity index (χ4v) is 3.67. The zero-order valence-electron chi connectivity index (χ0n) is 11.0. The van der Waals surface area contributed by atoms with E-state index in [-0.39, 0.29) is 0 Å². The van der Waals surface area contributed by atoms with Crippen LogP contribution in [0.1, 0.15) is 22.2 Å². The van der Waals surface area contributed by atoms with Crippen LogP contribution in [0.2, 0.25) is 5.02 Å². The van der Waals surface area contributed by atoms with Gasteiger partial charge in [0.15, 0.2) is 0 Å². The van der Waals surface area contributed by atoms with Gasteiger partial charge in [0.2, 0.25) is 0 Å². The van der Waals surface area contributed by atoms with E-state index >= 15 is 0 Å². The van der Waals surface area contributed by atoms with Crippen LogP contribution in [-0.4, -0.2) is 13.1 Å². The molecule has 0 spiro atoms. The molecular weight excluding hydrogens is 362 g/mol. The van der Waals surface area contributed by atoms with E-state index in [9.17, 15) is 4.79 Å². The van der Waals surface area contributed by atoms with Crippen LogP contribution in [0.15, 0.2) is 22.7 Å². The molecule has 6 heteroatoms. The quantitative estimate of drug-likeness (QED) is 0.788. The molecule has 0 unspecified atom stereocenters. The largest absolute Gasteiger partial charge is 0.465 e. The number of thiophene rings is 1. The van der Waals surface area contributed by atoms with Gasteiger partial charge in [0.05, 0.1) is 17.8 Å². The highest BCUT2D eigenvalue weighted by Gasteiger charge is 2.21. The molecule has 0 fully saturated rings. The van der Waals surface area contributed by atoms with Crippen LogP contribution in [0.5, 0.6) is 0 Å². The number of rotatable bonds is 3. The smallest absolute Gasteiger partial charge is 0.350 e. The van der Waals surface area contributed by atoms with Crippen molar-refractivity contribution in [1.82, 2.24) is 0 Å². The lowest BCUT2D eigenvalue weighted by Crippen LogP contribution is -2.02. The van der Waals surface area contributed by atoms with Crippen molar-refractivity contribution in [3.05, 3.63) is 38.1 Å². The van der Waals surface area contributed by atoms with Crippen LogP contribution < -0.4 is 5.73 Å². The van der Waals surface area contributed by atoms with E-state index < -0.39 is 5.97 Å². The predicted molar refractivity (Wildman–Crippen MR) is 87.6 cm³/mol. The van der Waals surface area contributed by atoms with Crippen LogP contribution in [0.3, 0.4) is 0 Å². The summed E-state index contributed by atoms with van der Waals surface area (Å²) in [5, 5.41) is 0.643. The number of esters is 1. The van der Waals surface area contributed by atoms with E-state index in [1.54, 1.807) is 0 Å². The Hall–Kier alpha value is -1.04. The second kappa shape index (κ2) is 6.16. The average molecular weight is 375 g/mol. The minimum atomic E-state index is -0.401. The molecule has 0 atom stereocenters. The highest BCUT2D eigenvalue weighted by molar-refractivity contribution is 9.10. The summed E-state index contributed by atoms with van der Waals surface area (Å²) in [6.45, 7) is 2.01. The molecule has 0 aliphatic rings. The molecule has 0 amide bonds. The molecule has 2 rings (SSSR count). The van der Waals surface area contributed by atoms with Gasteiger partial charge in [-0.25, -0.2) is 4.79 Å². The SMILES string of the molecule is CCc1c(-c2ccc(Cl)c(Br)c2)sc(C(=O)OC)c1N. The summed E-state index contributed by atoms with van der Waals surface area (Å²) in [4.78, 5) is 13.2. The number of halogens is 2. The molecule has 0 saturated carbocycles. The Balaban J connectivity index is 2.61. The zero-order chi connectivity index (χ0) is 14.9. The maximum atomic E-state index is 11.7. The lowest BCUT2D eigenvalue weighted by Gasteiger charge is -2.04. The normalized spacial score (nSPS) is 10.6. The van der Waals surface area contributed by atoms with Crippen molar-refractivity contribution in [2.45, 2.75) is 13.3 Å². The van der Waals surface area contributed by atoms with Gasteiger partial charge < -0.3 is 10.5 Å². The van der Waals surface area contributed by atoms with Crippen LogP contribution in [0.25, 0.3) is 10.4 Å². The maximum absolute atomic E-state index is 11.7. The number of benzene rings is 1. The number of hydrogen-bond acceptors (Lipinski definition) is 4. The standard InChI is InChI=1S/C14H13BrClNO2S/c1-3-8-11(17)13(14(18)19-2)20-12(8)7-4-5-10(16)9(15)6-7/h4-6H,3,17H2,1-2H3. The molecule has 1 heterocycles. The topological polar surface area (TPSA) is 52.3 Å². The number of methoxy groups -OCH3 is 1. The molecule has 3 nitrogen and oxygen atoms in total. The van der Waals surface area contributed by atoms with Gasteiger partial charge in [-0.1, -0.05) is 24.6 Å². The molecule has 1 aromatic heterocycles. The molecule has 0 saturated heterocycles. The summed E-state index contributed by atoms with van der Waals surface area (Å²) in [5.41, 5.74) is 8.51. The van der Waals surface area contributed by atoms with E-state index in [1.165, 1.54) is 18.4 Å². The first-order valence-electron chi connectivity index (χ1n) is 5.94. The molecule has 106 valence electrons. The molecule has 2 aromatic rings. The minimum Gasteiger partial charge on any atom is -0.465 e. The number of carbonyl (C=O) groups excluding carboxylic acids is 1. The molecule has 1 aromatic carbocycles. The Morgan fingerprint density at radius 2 is 2.20 bits per heavy atom. The number of nitrogen functional groups attached to an aromatic ring is 1. The third-order valence-electron chi connectivity index (χ3n) is 2.95. The Morgan fingerprint density at radius 1 is 1.50 bits per heavy atom. The fraction of sp³-hybridized carbons (Fsp3) is 0.214. The summed E-state index contributed by atoms with van der Waals surface area (Å²) >= 11 is 10.8. The number of ether oxygens (including phenoxy) is 1. The van der Waals surface area contributed by atoms with E-state index in [0.717, 1.165) is 26.9 Å². The number of anilines is 1.